The standard InChI is InChI=1S/C20H28Cl2O2/c1-4-5-6-7-11-20(23-14-19(2,3)15-24-20)12-10-16-8-9-17(21)13-18(16)22/h8-10,12-13H,4-7,11,14-15H2,1-3H3/b12-10-. The highest BCUT2D eigenvalue weighted by molar-refractivity contribution is 6.35. The molecule has 4 heteroatoms. The fourth-order valence-corrected chi connectivity index (χ4v) is 3.17. The van der Waals surface area contributed by atoms with Gasteiger partial charge in [0.05, 0.1) is 13.2 Å². The minimum atomic E-state index is -0.647. The third kappa shape index (κ3) is 5.77. The molecule has 1 heterocycles. The maximum Gasteiger partial charge on any atom is 0.188 e. The average molecular weight is 371 g/mol. The van der Waals surface area contributed by atoms with Crippen LogP contribution in [-0.2, 0) is 9.47 Å². The number of halogens is 2. The van der Waals surface area contributed by atoms with E-state index in [0.29, 0.717) is 23.3 Å². The third-order valence-electron chi connectivity index (χ3n) is 4.27. The molecule has 1 saturated heterocycles. The average Bonchev–Trinajstić information content (AvgIpc) is 2.53. The van der Waals surface area contributed by atoms with Gasteiger partial charge in [0.25, 0.3) is 0 Å². The van der Waals surface area contributed by atoms with Crippen LogP contribution in [0, 0.1) is 5.41 Å². The van der Waals surface area contributed by atoms with Crippen LogP contribution < -0.4 is 0 Å². The van der Waals surface area contributed by atoms with Crippen molar-refractivity contribution in [1.29, 1.82) is 0 Å². The van der Waals surface area contributed by atoms with E-state index in [-0.39, 0.29) is 5.41 Å². The predicted molar refractivity (Wildman–Crippen MR) is 103 cm³/mol. The Bertz CT molecular complexity index is 557. The van der Waals surface area contributed by atoms with E-state index in [1.165, 1.54) is 19.3 Å². The fourth-order valence-electron chi connectivity index (χ4n) is 2.69. The summed E-state index contributed by atoms with van der Waals surface area (Å²) in [4.78, 5) is 0. The van der Waals surface area contributed by atoms with Gasteiger partial charge in [-0.15, -0.1) is 0 Å². The molecular weight excluding hydrogens is 343 g/mol. The summed E-state index contributed by atoms with van der Waals surface area (Å²) >= 11 is 12.2. The molecule has 1 aliphatic rings. The zero-order valence-electron chi connectivity index (χ0n) is 14.9. The second kappa shape index (κ2) is 8.71. The molecular formula is C20H28Cl2O2. The number of rotatable bonds is 7. The van der Waals surface area contributed by atoms with E-state index in [1.807, 2.05) is 24.3 Å². The summed E-state index contributed by atoms with van der Waals surface area (Å²) in [5.74, 6) is -0.647. The Labute approximate surface area is 156 Å². The van der Waals surface area contributed by atoms with E-state index in [4.69, 9.17) is 32.7 Å². The molecule has 2 rings (SSSR count). The first-order valence-electron chi connectivity index (χ1n) is 8.78. The Balaban J connectivity index is 2.11. The van der Waals surface area contributed by atoms with Gasteiger partial charge in [-0.05, 0) is 30.2 Å². The van der Waals surface area contributed by atoms with E-state index in [2.05, 4.69) is 20.8 Å². The Morgan fingerprint density at radius 1 is 1.08 bits per heavy atom. The summed E-state index contributed by atoms with van der Waals surface area (Å²) in [5.41, 5.74) is 0.976. The van der Waals surface area contributed by atoms with Crippen LogP contribution in [-0.4, -0.2) is 19.0 Å². The van der Waals surface area contributed by atoms with Crippen molar-refractivity contribution in [2.45, 2.75) is 58.7 Å². The number of unbranched alkanes of at least 4 members (excludes halogenated alkanes) is 3. The minimum absolute atomic E-state index is 0.0542. The summed E-state index contributed by atoms with van der Waals surface area (Å²) in [6.07, 6.45) is 9.62. The highest BCUT2D eigenvalue weighted by Gasteiger charge is 2.38. The molecule has 0 aromatic heterocycles. The van der Waals surface area contributed by atoms with Gasteiger partial charge in [0.1, 0.15) is 0 Å². The van der Waals surface area contributed by atoms with E-state index < -0.39 is 5.79 Å². The fraction of sp³-hybridized carbons (Fsp3) is 0.600. The van der Waals surface area contributed by atoms with Gasteiger partial charge in [0.2, 0.25) is 0 Å². The number of ether oxygens (including phenoxy) is 2. The van der Waals surface area contributed by atoms with Crippen molar-refractivity contribution in [1.82, 2.24) is 0 Å². The van der Waals surface area contributed by atoms with Crippen LogP contribution in [0.5, 0.6) is 0 Å². The van der Waals surface area contributed by atoms with Crippen LogP contribution in [0.15, 0.2) is 24.3 Å². The monoisotopic (exact) mass is 370 g/mol. The lowest BCUT2D eigenvalue weighted by atomic mass is 9.93. The molecule has 1 aromatic rings. The SMILES string of the molecule is CCCCCCC1(/C=C\c2ccc(Cl)cc2Cl)OCC(C)(C)CO1. The molecule has 0 spiro atoms. The molecule has 0 amide bonds. The largest absolute Gasteiger partial charge is 0.346 e. The molecule has 1 aliphatic heterocycles. The Morgan fingerprint density at radius 3 is 2.42 bits per heavy atom. The highest BCUT2D eigenvalue weighted by atomic mass is 35.5. The van der Waals surface area contributed by atoms with Gasteiger partial charge in [0.15, 0.2) is 5.79 Å². The van der Waals surface area contributed by atoms with Crippen LogP contribution >= 0.6 is 23.2 Å². The number of benzene rings is 1. The van der Waals surface area contributed by atoms with E-state index >= 15 is 0 Å². The molecule has 0 N–H and O–H groups in total. The number of hydrogen-bond acceptors (Lipinski definition) is 2. The van der Waals surface area contributed by atoms with Crippen molar-refractivity contribution < 1.29 is 9.47 Å². The van der Waals surface area contributed by atoms with Crippen molar-refractivity contribution in [3.05, 3.63) is 39.9 Å². The maximum absolute atomic E-state index is 6.27. The molecule has 1 fully saturated rings. The zero-order valence-corrected chi connectivity index (χ0v) is 16.4. The van der Waals surface area contributed by atoms with Gasteiger partial charge in [-0.1, -0.05) is 75.4 Å². The normalized spacial score (nSPS) is 19.7. The third-order valence-corrected chi connectivity index (χ3v) is 4.83. The van der Waals surface area contributed by atoms with Crippen LogP contribution in [0.25, 0.3) is 6.08 Å². The molecule has 24 heavy (non-hydrogen) atoms. The van der Waals surface area contributed by atoms with Gasteiger partial charge in [0, 0.05) is 21.9 Å². The Kier molecular flexibility index (Phi) is 7.18. The molecule has 2 nitrogen and oxygen atoms in total. The van der Waals surface area contributed by atoms with Gasteiger partial charge in [-0.2, -0.15) is 0 Å². The molecule has 0 saturated carbocycles. The summed E-state index contributed by atoms with van der Waals surface area (Å²) in [7, 11) is 0. The molecule has 0 bridgehead atoms. The molecule has 134 valence electrons. The lowest BCUT2D eigenvalue weighted by Gasteiger charge is -2.42. The van der Waals surface area contributed by atoms with Crippen molar-refractivity contribution in [2.24, 2.45) is 5.41 Å². The summed E-state index contributed by atoms with van der Waals surface area (Å²) in [6, 6.07) is 5.51. The van der Waals surface area contributed by atoms with E-state index in [1.54, 1.807) is 6.07 Å². The quantitative estimate of drug-likeness (QED) is 0.494. The lowest BCUT2D eigenvalue weighted by molar-refractivity contribution is -0.274. The van der Waals surface area contributed by atoms with Gasteiger partial charge >= 0.3 is 0 Å². The molecule has 0 atom stereocenters. The second-order valence-electron chi connectivity index (χ2n) is 7.36. The summed E-state index contributed by atoms with van der Waals surface area (Å²) < 4.78 is 12.3. The zero-order chi connectivity index (χ0) is 17.6. The van der Waals surface area contributed by atoms with Crippen LogP contribution in [0.1, 0.15) is 58.4 Å². The van der Waals surface area contributed by atoms with Gasteiger partial charge in [-0.25, -0.2) is 0 Å². The van der Waals surface area contributed by atoms with Crippen molar-refractivity contribution in [3.63, 3.8) is 0 Å². The van der Waals surface area contributed by atoms with Crippen molar-refractivity contribution >= 4 is 29.3 Å². The van der Waals surface area contributed by atoms with Crippen molar-refractivity contribution in [2.75, 3.05) is 13.2 Å². The Hall–Kier alpha value is -0.540. The first-order chi connectivity index (χ1) is 11.4. The second-order valence-corrected chi connectivity index (χ2v) is 8.21. The summed E-state index contributed by atoms with van der Waals surface area (Å²) in [5, 5.41) is 1.27. The molecule has 0 aliphatic carbocycles. The van der Waals surface area contributed by atoms with Crippen LogP contribution in [0.3, 0.4) is 0 Å². The molecule has 1 aromatic carbocycles. The van der Waals surface area contributed by atoms with Gasteiger partial charge in [-0.3, -0.25) is 0 Å². The Morgan fingerprint density at radius 2 is 1.79 bits per heavy atom. The topological polar surface area (TPSA) is 18.5 Å². The predicted octanol–water partition coefficient (Wildman–Crippen LogP) is 6.75. The first kappa shape index (κ1) is 19.8. The van der Waals surface area contributed by atoms with Crippen LogP contribution in [0.2, 0.25) is 10.0 Å². The minimum Gasteiger partial charge on any atom is -0.346 e. The molecule has 0 unspecified atom stereocenters. The lowest BCUT2D eigenvalue weighted by Crippen LogP contribution is -2.46. The maximum atomic E-state index is 6.27. The smallest absolute Gasteiger partial charge is 0.188 e. The van der Waals surface area contributed by atoms with Gasteiger partial charge < -0.3 is 9.47 Å². The first-order valence-corrected chi connectivity index (χ1v) is 9.54. The summed E-state index contributed by atoms with van der Waals surface area (Å²) in [6.45, 7) is 7.93. The highest BCUT2D eigenvalue weighted by Crippen LogP contribution is 2.35. The molecule has 0 radical (unpaired) electrons. The van der Waals surface area contributed by atoms with Crippen LogP contribution in [0.4, 0.5) is 0 Å². The van der Waals surface area contributed by atoms with E-state index in [0.717, 1.165) is 18.4 Å². The number of hydrogen-bond donors (Lipinski definition) is 0. The van der Waals surface area contributed by atoms with E-state index in [9.17, 15) is 0 Å². The van der Waals surface area contributed by atoms with Crippen molar-refractivity contribution in [3.8, 4) is 0 Å².